The number of nitrogens with zero attached hydrogens (tertiary/aromatic N) is 3. The maximum atomic E-state index is 6.36. The number of hydrogen-bond acceptors (Lipinski definition) is 6. The molecule has 0 aliphatic carbocycles. The molecule has 0 aromatic carbocycles. The zero-order valence-electron chi connectivity index (χ0n) is 25.8. The Morgan fingerprint density at radius 2 is 1.00 bits per heavy atom. The van der Waals surface area contributed by atoms with Crippen molar-refractivity contribution < 1.29 is 9.68 Å². The van der Waals surface area contributed by atoms with Crippen LogP contribution in [-0.2, 0) is 9.68 Å². The third-order valence-electron chi connectivity index (χ3n) is 8.30. The second-order valence-electron chi connectivity index (χ2n) is 14.1. The van der Waals surface area contributed by atoms with E-state index in [9.17, 15) is 0 Å². The van der Waals surface area contributed by atoms with E-state index in [2.05, 4.69) is 84.3 Å². The first-order valence-corrected chi connectivity index (χ1v) is 15.0. The van der Waals surface area contributed by atoms with Crippen molar-refractivity contribution in [1.82, 2.24) is 15.0 Å². The van der Waals surface area contributed by atoms with Gasteiger partial charge in [-0.2, -0.15) is 10.1 Å². The standard InChI is InChI=1S/C30H62N4O2/c1-11-19-35-33-27(3,4)21-25(22-28(33,5)6)32(18-16-14-13-15-17-31)26-23-29(7,8)34(36-20-12-2)30(9,10)24-26/h25-26H,11-24,31H2,1-10H3. The number of nitrogens with two attached hydrogens (primary N) is 1. The molecule has 0 atom stereocenters. The summed E-state index contributed by atoms with van der Waals surface area (Å²) in [6.07, 6.45) is 11.5. The molecule has 0 aromatic rings. The number of hydroxylamine groups is 4. The first-order valence-electron chi connectivity index (χ1n) is 15.0. The van der Waals surface area contributed by atoms with Gasteiger partial charge in [0.1, 0.15) is 0 Å². The van der Waals surface area contributed by atoms with Crippen LogP contribution < -0.4 is 5.73 Å². The Morgan fingerprint density at radius 1 is 0.639 bits per heavy atom. The summed E-state index contributed by atoms with van der Waals surface area (Å²) in [7, 11) is 0. The molecule has 2 aliphatic heterocycles. The minimum absolute atomic E-state index is 0.00460. The molecule has 214 valence electrons. The predicted octanol–water partition coefficient (Wildman–Crippen LogP) is 6.53. The lowest BCUT2D eigenvalue weighted by Crippen LogP contribution is -2.68. The fourth-order valence-electron chi connectivity index (χ4n) is 7.41. The van der Waals surface area contributed by atoms with E-state index in [1.165, 1.54) is 25.8 Å². The fourth-order valence-corrected chi connectivity index (χ4v) is 7.41. The van der Waals surface area contributed by atoms with Crippen LogP contribution in [0.15, 0.2) is 0 Å². The summed E-state index contributed by atoms with van der Waals surface area (Å²) in [6, 6.07) is 1.09. The highest BCUT2D eigenvalue weighted by Crippen LogP contribution is 2.45. The second-order valence-corrected chi connectivity index (χ2v) is 14.1. The number of piperidine rings is 2. The molecule has 2 N–H and O–H groups in total. The Balaban J connectivity index is 2.30. The Hall–Kier alpha value is -0.240. The molecule has 6 nitrogen and oxygen atoms in total. The van der Waals surface area contributed by atoms with Gasteiger partial charge >= 0.3 is 0 Å². The van der Waals surface area contributed by atoms with Gasteiger partial charge in [-0.3, -0.25) is 14.6 Å². The van der Waals surface area contributed by atoms with Crippen LogP contribution in [0.1, 0.15) is 133 Å². The summed E-state index contributed by atoms with van der Waals surface area (Å²) >= 11 is 0. The topological polar surface area (TPSA) is 54.2 Å². The first kappa shape index (κ1) is 32.0. The highest BCUT2D eigenvalue weighted by Gasteiger charge is 2.52. The van der Waals surface area contributed by atoms with Crippen molar-refractivity contribution in [2.45, 2.75) is 168 Å². The minimum atomic E-state index is -0.00460. The van der Waals surface area contributed by atoms with E-state index >= 15 is 0 Å². The lowest BCUT2D eigenvalue weighted by molar-refractivity contribution is -0.299. The highest BCUT2D eigenvalue weighted by molar-refractivity contribution is 5.05. The van der Waals surface area contributed by atoms with Crippen molar-refractivity contribution in [3.05, 3.63) is 0 Å². The van der Waals surface area contributed by atoms with Gasteiger partial charge in [0.2, 0.25) is 0 Å². The molecule has 0 amide bonds. The van der Waals surface area contributed by atoms with E-state index in [-0.39, 0.29) is 22.2 Å². The quantitative estimate of drug-likeness (QED) is 0.268. The number of hydrogen-bond donors (Lipinski definition) is 1. The third-order valence-corrected chi connectivity index (χ3v) is 8.30. The van der Waals surface area contributed by atoms with Gasteiger partial charge in [-0.05, 0) is 120 Å². The van der Waals surface area contributed by atoms with Crippen LogP contribution in [0.25, 0.3) is 0 Å². The Morgan fingerprint density at radius 3 is 1.33 bits per heavy atom. The van der Waals surface area contributed by atoms with Crippen LogP contribution >= 0.6 is 0 Å². The van der Waals surface area contributed by atoms with Crippen molar-refractivity contribution in [1.29, 1.82) is 0 Å². The molecule has 2 aliphatic rings. The molecule has 2 rings (SSSR count). The lowest BCUT2D eigenvalue weighted by Gasteiger charge is -2.60. The van der Waals surface area contributed by atoms with Crippen LogP contribution in [0.2, 0.25) is 0 Å². The molecule has 6 heteroatoms. The van der Waals surface area contributed by atoms with Gasteiger partial charge in [-0.1, -0.05) is 26.7 Å². The molecule has 0 saturated carbocycles. The van der Waals surface area contributed by atoms with Gasteiger partial charge in [-0.15, -0.1) is 0 Å². The molecular formula is C30H62N4O2. The predicted molar refractivity (Wildman–Crippen MR) is 153 cm³/mol. The highest BCUT2D eigenvalue weighted by atomic mass is 16.7. The Labute approximate surface area is 224 Å². The lowest BCUT2D eigenvalue weighted by atomic mass is 9.74. The van der Waals surface area contributed by atoms with E-state index in [4.69, 9.17) is 15.4 Å². The molecule has 0 unspecified atom stereocenters. The molecule has 0 radical (unpaired) electrons. The van der Waals surface area contributed by atoms with Gasteiger partial charge in [-0.25, -0.2) is 0 Å². The van der Waals surface area contributed by atoms with Crippen LogP contribution in [0.4, 0.5) is 0 Å². The largest absolute Gasteiger partial charge is 0.330 e. The van der Waals surface area contributed by atoms with E-state index in [1.807, 2.05) is 0 Å². The number of unbranched alkanes of at least 4 members (excludes halogenated alkanes) is 3. The summed E-state index contributed by atoms with van der Waals surface area (Å²) in [5.74, 6) is 0. The molecule has 0 bridgehead atoms. The van der Waals surface area contributed by atoms with Crippen molar-refractivity contribution in [3.63, 3.8) is 0 Å². The molecule has 0 spiro atoms. The SMILES string of the molecule is CCCON1C(C)(C)CC(N(CCCCCCN)C2CC(C)(C)N(OCCC)C(C)(C)C2)CC1(C)C. The maximum absolute atomic E-state index is 6.36. The van der Waals surface area contributed by atoms with Gasteiger partial charge in [0.25, 0.3) is 0 Å². The van der Waals surface area contributed by atoms with E-state index in [0.29, 0.717) is 12.1 Å². The van der Waals surface area contributed by atoms with E-state index in [1.54, 1.807) is 0 Å². The normalized spacial score (nSPS) is 25.0. The van der Waals surface area contributed by atoms with Crippen LogP contribution in [0, 0.1) is 0 Å². The van der Waals surface area contributed by atoms with Crippen molar-refractivity contribution >= 4 is 0 Å². The zero-order valence-corrected chi connectivity index (χ0v) is 25.8. The molecule has 2 heterocycles. The van der Waals surface area contributed by atoms with Crippen molar-refractivity contribution in [3.8, 4) is 0 Å². The fraction of sp³-hybridized carbons (Fsp3) is 1.00. The van der Waals surface area contributed by atoms with Gasteiger partial charge in [0.15, 0.2) is 0 Å². The van der Waals surface area contributed by atoms with Crippen molar-refractivity contribution in [2.75, 3.05) is 26.3 Å². The molecule has 2 saturated heterocycles. The van der Waals surface area contributed by atoms with Crippen molar-refractivity contribution in [2.24, 2.45) is 5.73 Å². The third kappa shape index (κ3) is 8.13. The summed E-state index contributed by atoms with van der Waals surface area (Å²) in [4.78, 5) is 15.6. The summed E-state index contributed by atoms with van der Waals surface area (Å²) < 4.78 is 0. The van der Waals surface area contributed by atoms with Gasteiger partial charge < -0.3 is 5.73 Å². The first-order chi connectivity index (χ1) is 16.7. The average molecular weight is 511 g/mol. The van der Waals surface area contributed by atoms with E-state index < -0.39 is 0 Å². The van der Waals surface area contributed by atoms with Crippen LogP contribution in [0.5, 0.6) is 0 Å². The Bertz CT molecular complexity index is 565. The molecule has 36 heavy (non-hydrogen) atoms. The summed E-state index contributed by atoms with van der Waals surface area (Å²) in [5, 5.41) is 4.66. The van der Waals surface area contributed by atoms with Gasteiger partial charge in [0.05, 0.1) is 13.2 Å². The smallest absolute Gasteiger partial charge is 0.0683 e. The number of rotatable bonds is 14. The van der Waals surface area contributed by atoms with Gasteiger partial charge in [0, 0.05) is 34.2 Å². The minimum Gasteiger partial charge on any atom is -0.330 e. The van der Waals surface area contributed by atoms with E-state index in [0.717, 1.165) is 64.7 Å². The maximum Gasteiger partial charge on any atom is 0.0683 e. The average Bonchev–Trinajstić information content (AvgIpc) is 2.73. The summed E-state index contributed by atoms with van der Waals surface area (Å²) in [6.45, 7) is 27.0. The molecule has 0 aromatic heterocycles. The van der Waals surface area contributed by atoms with Crippen LogP contribution in [0.3, 0.4) is 0 Å². The molecule has 2 fully saturated rings. The zero-order chi connectivity index (χ0) is 27.2. The molecular weight excluding hydrogens is 448 g/mol. The monoisotopic (exact) mass is 510 g/mol. The summed E-state index contributed by atoms with van der Waals surface area (Å²) in [5.41, 5.74) is 5.76. The van der Waals surface area contributed by atoms with Crippen LogP contribution in [-0.4, -0.2) is 75.6 Å². The Kier molecular flexibility index (Phi) is 11.7. The second kappa shape index (κ2) is 13.2.